The lowest BCUT2D eigenvalue weighted by Crippen LogP contribution is -2.17. The zero-order valence-corrected chi connectivity index (χ0v) is 45.4. The fourth-order valence-electron chi connectivity index (χ4n) is 7.61. The summed E-state index contributed by atoms with van der Waals surface area (Å²) in [6.45, 7) is 2.04. The number of ketones is 2. The maximum atomic E-state index is 13.3. The average molecular weight is 1150 g/mol. The molecule has 27 heteroatoms. The Morgan fingerprint density at radius 2 is 1.14 bits per heavy atom. The van der Waals surface area contributed by atoms with Crippen LogP contribution in [-0.4, -0.2) is 119 Å². The molecule has 5 fully saturated rings. The van der Waals surface area contributed by atoms with Crippen LogP contribution in [-0.2, 0) is 33.2 Å². The van der Waals surface area contributed by atoms with Gasteiger partial charge in [-0.1, -0.05) is 23.7 Å². The first-order chi connectivity index (χ1) is 38.2. The number of amides is 2. The highest BCUT2D eigenvalue weighted by Gasteiger charge is 2.45. The number of carboxylic acid groups (broad SMARTS) is 1. The molecular formula is C53H57Cl2F3N12O10. The van der Waals surface area contributed by atoms with E-state index in [0.29, 0.717) is 80.8 Å². The molecule has 0 bridgehead atoms. The number of carboxylic acids is 1. The van der Waals surface area contributed by atoms with E-state index in [1.807, 2.05) is 36.4 Å². The van der Waals surface area contributed by atoms with Crippen LogP contribution in [0, 0.1) is 29.6 Å². The summed E-state index contributed by atoms with van der Waals surface area (Å²) in [4.78, 5) is 83.8. The summed E-state index contributed by atoms with van der Waals surface area (Å²) in [5, 5.41) is 26.2. The van der Waals surface area contributed by atoms with Crippen LogP contribution in [0.2, 0.25) is 5.15 Å². The maximum absolute atomic E-state index is 13.3. The number of aromatic nitrogens is 8. The van der Waals surface area contributed by atoms with Crippen LogP contribution in [0.15, 0.2) is 73.6 Å². The zero-order valence-electron chi connectivity index (χ0n) is 43.9. The van der Waals surface area contributed by atoms with Gasteiger partial charge in [-0.3, -0.25) is 33.3 Å². The van der Waals surface area contributed by atoms with E-state index in [1.54, 1.807) is 69.4 Å². The number of primary amides is 1. The van der Waals surface area contributed by atoms with Gasteiger partial charge in [0.25, 0.3) is 0 Å². The molecule has 5 aliphatic carbocycles. The third-order valence-corrected chi connectivity index (χ3v) is 12.8. The van der Waals surface area contributed by atoms with Gasteiger partial charge < -0.3 is 41.0 Å². The lowest BCUT2D eigenvalue weighted by Gasteiger charge is -2.17. The minimum absolute atomic E-state index is 0.00425. The molecule has 0 radical (unpaired) electrons. The summed E-state index contributed by atoms with van der Waals surface area (Å²) in [5.41, 5.74) is 8.74. The number of carbonyl (C=O) groups excluding carboxylic acids is 5. The van der Waals surface area contributed by atoms with Crippen molar-refractivity contribution < 1.29 is 61.3 Å². The highest BCUT2D eigenvalue weighted by molar-refractivity contribution is 6.61. The van der Waals surface area contributed by atoms with Crippen LogP contribution in [0.5, 0.6) is 11.5 Å². The van der Waals surface area contributed by atoms with Crippen molar-refractivity contribution in [3.8, 4) is 34.3 Å². The Labute approximate surface area is 466 Å². The van der Waals surface area contributed by atoms with Crippen molar-refractivity contribution in [1.29, 1.82) is 0 Å². The highest BCUT2D eigenvalue weighted by atomic mass is 35.5. The van der Waals surface area contributed by atoms with Gasteiger partial charge in [0.05, 0.1) is 83.6 Å². The second kappa shape index (κ2) is 26.6. The number of Topliss-reactive ketones (excluding diaryl/α,β-unsaturated/α-hetero) is 2. The molecule has 22 nitrogen and oxygen atoms in total. The summed E-state index contributed by atoms with van der Waals surface area (Å²) in [7, 11) is 6.72. The van der Waals surface area contributed by atoms with Gasteiger partial charge >= 0.3 is 11.4 Å². The Hall–Kier alpha value is -8.19. The summed E-state index contributed by atoms with van der Waals surface area (Å²) in [5.74, 6) is -1.16. The van der Waals surface area contributed by atoms with Gasteiger partial charge in [-0.2, -0.15) is 10.2 Å². The predicted octanol–water partition coefficient (Wildman–Crippen LogP) is 9.03. The molecule has 0 saturated heterocycles. The lowest BCUT2D eigenvalue weighted by atomic mass is 10.1. The number of aliphatic carboxylic acids is 1. The molecule has 5 saturated carbocycles. The topological polar surface area (TPSA) is 300 Å². The van der Waals surface area contributed by atoms with Gasteiger partial charge in [0, 0.05) is 56.0 Å². The molecule has 6 unspecified atom stereocenters. The number of pyridine rings is 2. The van der Waals surface area contributed by atoms with Gasteiger partial charge in [-0.25, -0.2) is 37.9 Å². The van der Waals surface area contributed by atoms with Gasteiger partial charge in [0.1, 0.15) is 42.1 Å². The summed E-state index contributed by atoms with van der Waals surface area (Å²) < 4.78 is 55.3. The molecule has 11 rings (SSSR count). The second-order valence-electron chi connectivity index (χ2n) is 18.9. The van der Waals surface area contributed by atoms with Gasteiger partial charge in [-0.05, 0) is 82.2 Å². The molecule has 424 valence electrons. The lowest BCUT2D eigenvalue weighted by molar-refractivity contribution is -0.139. The maximum Gasteiger partial charge on any atom is 0.403 e. The molecule has 2 amide bonds. The number of methoxy groups -OCH3 is 2. The first-order valence-corrected chi connectivity index (χ1v) is 25.9. The van der Waals surface area contributed by atoms with Crippen LogP contribution in [0.1, 0.15) is 72.6 Å². The van der Waals surface area contributed by atoms with Crippen molar-refractivity contribution in [3.05, 3.63) is 89.9 Å². The van der Waals surface area contributed by atoms with E-state index in [1.165, 1.54) is 12.4 Å². The standard InChI is InChI=1S/C23H23FN6O3.C19H18ClN5O2.C4H6FNO.C4H5FO2.C3H5ClO2/c1-30-11-26-22(29-30)13-4-3-5-17(21(13)33-2)27-18-9-19(28-23(32)14-8-16(14)24)25-10-15(18)20(31)12-6-7-12;1-25-10-22-19(24-25)12-4-3-5-14(18(12)27-2)23-15-8-16(20)21-9-13(15)17(26)11-6-7-11;2*5-3-1-2(3)4(6)7;1-2-6-3(4)5/h3-5,9-12,14,16H,6-8H2,1-2H3,(H2,25,27,28,32);3-5,8-11H,6-7H2,1-2H3,(H,21,23);2-3H,1H2,(H2,6,7);2-3H,1H2,(H,6,7);2H2,1H3. The van der Waals surface area contributed by atoms with Gasteiger partial charge in [0.15, 0.2) is 34.7 Å². The van der Waals surface area contributed by atoms with Crippen molar-refractivity contribution in [3.63, 3.8) is 0 Å². The Morgan fingerprint density at radius 3 is 1.46 bits per heavy atom. The summed E-state index contributed by atoms with van der Waals surface area (Å²) in [6, 6.07) is 14.4. The number of alkyl halides is 3. The Bertz CT molecular complexity index is 3220. The van der Waals surface area contributed by atoms with Gasteiger partial charge in [0.2, 0.25) is 11.8 Å². The number of benzene rings is 2. The number of halogens is 5. The molecule has 2 aromatic carbocycles. The normalized spacial score (nSPS) is 19.6. The van der Waals surface area contributed by atoms with E-state index in [4.69, 9.17) is 43.5 Å². The number of nitrogens with zero attached hydrogens (tertiary/aromatic N) is 8. The number of nitrogens with two attached hydrogens (primary N) is 1. The first-order valence-electron chi connectivity index (χ1n) is 25.1. The van der Waals surface area contributed by atoms with Crippen LogP contribution < -0.4 is 31.2 Å². The molecule has 5 aliphatic rings. The van der Waals surface area contributed by atoms with Crippen molar-refractivity contribution in [2.24, 2.45) is 49.4 Å². The molecule has 0 spiro atoms. The summed E-state index contributed by atoms with van der Waals surface area (Å²) >= 11 is 10.8. The Morgan fingerprint density at radius 1 is 0.688 bits per heavy atom. The van der Waals surface area contributed by atoms with Crippen molar-refractivity contribution >= 4 is 86.5 Å². The number of nitrogens with one attached hydrogen (secondary N) is 3. The second-order valence-corrected chi connectivity index (χ2v) is 19.6. The fraction of sp³-hybridized carbons (Fsp3) is 0.396. The smallest absolute Gasteiger partial charge is 0.403 e. The number of ether oxygens (including phenoxy) is 3. The number of rotatable bonds is 17. The largest absolute Gasteiger partial charge is 0.494 e. The van der Waals surface area contributed by atoms with E-state index in [2.05, 4.69) is 50.8 Å². The number of hydrogen-bond donors (Lipinski definition) is 5. The molecule has 6 N–H and O–H groups in total. The summed E-state index contributed by atoms with van der Waals surface area (Å²) in [6.07, 6.45) is 7.44. The fourth-order valence-corrected chi connectivity index (χ4v) is 7.88. The van der Waals surface area contributed by atoms with Crippen LogP contribution >= 0.6 is 23.2 Å². The molecular weight excluding hydrogens is 1090 g/mol. The number of anilines is 5. The number of hydrogen-bond acceptors (Lipinski definition) is 17. The number of carbonyl (C=O) groups is 6. The van der Waals surface area contributed by atoms with Crippen LogP contribution in [0.25, 0.3) is 22.8 Å². The minimum atomic E-state index is -1.11. The number of para-hydroxylation sites is 2. The van der Waals surface area contributed by atoms with E-state index < -0.39 is 59.5 Å². The first kappa shape index (κ1) is 59.5. The van der Waals surface area contributed by atoms with E-state index in [0.717, 1.165) is 31.2 Å². The van der Waals surface area contributed by atoms with Crippen LogP contribution in [0.3, 0.4) is 0 Å². The van der Waals surface area contributed by atoms with Gasteiger partial charge in [-0.15, -0.1) is 0 Å². The van der Waals surface area contributed by atoms with Crippen molar-refractivity contribution in [1.82, 2.24) is 39.5 Å². The number of aryl methyl sites for hydroxylation is 2. The molecule has 4 heterocycles. The molecule has 0 aliphatic heterocycles. The van der Waals surface area contributed by atoms with Crippen LogP contribution in [0.4, 0.5) is 46.5 Å². The van der Waals surface area contributed by atoms with E-state index in [9.17, 15) is 41.9 Å². The Kier molecular flexibility index (Phi) is 19.8. The Balaban J connectivity index is 0.000000173. The third kappa shape index (κ3) is 16.2. The van der Waals surface area contributed by atoms with Crippen molar-refractivity contribution in [2.45, 2.75) is 70.4 Å². The molecule has 80 heavy (non-hydrogen) atoms. The predicted molar refractivity (Wildman–Crippen MR) is 287 cm³/mol. The SMILES string of the molecule is CCOC(=O)Cl.COc1c(Nc2cc(Cl)ncc2C(=O)C2CC2)cccc1-c1ncn(C)n1.COc1c(Nc2cc(NC(=O)C3CC3F)ncc2C(=O)C2CC2)cccc1-c1ncn(C)n1.NC(=O)C1CC1F.O=C(O)C1CC1F. The van der Waals surface area contributed by atoms with E-state index in [-0.39, 0.29) is 42.1 Å². The van der Waals surface area contributed by atoms with Crippen molar-refractivity contribution in [2.75, 3.05) is 36.8 Å². The third-order valence-electron chi connectivity index (χ3n) is 12.5. The minimum Gasteiger partial charge on any atom is -0.494 e. The monoisotopic (exact) mass is 1150 g/mol. The molecule has 6 aromatic rings. The molecule has 4 aromatic heterocycles. The molecule has 6 atom stereocenters. The highest BCUT2D eigenvalue weighted by Crippen LogP contribution is 2.42. The average Bonchev–Trinajstić information content (AvgIpc) is 4.18. The zero-order chi connectivity index (χ0) is 57.9. The van der Waals surface area contributed by atoms with E-state index >= 15 is 0 Å². The quantitative estimate of drug-likeness (QED) is 0.0323.